The highest BCUT2D eigenvalue weighted by Gasteiger charge is 2.09. The smallest absolute Gasteiger partial charge is 0.220 e. The van der Waals surface area contributed by atoms with Crippen LogP contribution in [0.4, 0.5) is 5.69 Å². The number of rotatable bonds is 6. The highest BCUT2D eigenvalue weighted by molar-refractivity contribution is 5.76. The SMILES string of the molecule is CC[C@@H](CO)NC(=O)CCc1ccccc1N. The molecule has 0 aliphatic rings. The summed E-state index contributed by atoms with van der Waals surface area (Å²) >= 11 is 0. The lowest BCUT2D eigenvalue weighted by Crippen LogP contribution is -2.37. The largest absolute Gasteiger partial charge is 0.399 e. The van der Waals surface area contributed by atoms with Crippen LogP contribution in [-0.2, 0) is 11.2 Å². The van der Waals surface area contributed by atoms with Crippen molar-refractivity contribution in [2.75, 3.05) is 12.3 Å². The van der Waals surface area contributed by atoms with E-state index in [4.69, 9.17) is 10.8 Å². The van der Waals surface area contributed by atoms with E-state index in [1.165, 1.54) is 0 Å². The van der Waals surface area contributed by atoms with Crippen LogP contribution in [0.2, 0.25) is 0 Å². The van der Waals surface area contributed by atoms with E-state index in [-0.39, 0.29) is 18.6 Å². The van der Waals surface area contributed by atoms with E-state index in [0.29, 0.717) is 12.8 Å². The van der Waals surface area contributed by atoms with Crippen LogP contribution < -0.4 is 11.1 Å². The maximum Gasteiger partial charge on any atom is 0.220 e. The predicted molar refractivity (Wildman–Crippen MR) is 68.5 cm³/mol. The number of amides is 1. The molecule has 0 aliphatic carbocycles. The van der Waals surface area contributed by atoms with Gasteiger partial charge in [-0.3, -0.25) is 4.79 Å². The Morgan fingerprint density at radius 3 is 2.76 bits per heavy atom. The molecule has 0 saturated heterocycles. The normalized spacial score (nSPS) is 12.1. The minimum Gasteiger partial charge on any atom is -0.399 e. The Hall–Kier alpha value is -1.55. The van der Waals surface area contributed by atoms with E-state index in [1.807, 2.05) is 31.2 Å². The lowest BCUT2D eigenvalue weighted by atomic mass is 10.1. The molecule has 0 aromatic heterocycles. The Balaban J connectivity index is 2.41. The van der Waals surface area contributed by atoms with Crippen LogP contribution in [0, 0.1) is 0 Å². The van der Waals surface area contributed by atoms with Crippen molar-refractivity contribution >= 4 is 11.6 Å². The first-order valence-electron chi connectivity index (χ1n) is 5.91. The molecule has 17 heavy (non-hydrogen) atoms. The van der Waals surface area contributed by atoms with E-state index in [0.717, 1.165) is 17.7 Å². The van der Waals surface area contributed by atoms with Gasteiger partial charge in [-0.15, -0.1) is 0 Å². The molecular weight excluding hydrogens is 216 g/mol. The second-order valence-corrected chi connectivity index (χ2v) is 4.05. The number of aliphatic hydroxyl groups is 1. The second-order valence-electron chi connectivity index (χ2n) is 4.05. The summed E-state index contributed by atoms with van der Waals surface area (Å²) in [5.74, 6) is -0.0471. The summed E-state index contributed by atoms with van der Waals surface area (Å²) < 4.78 is 0. The van der Waals surface area contributed by atoms with Crippen LogP contribution in [-0.4, -0.2) is 23.7 Å². The molecule has 4 nitrogen and oxygen atoms in total. The van der Waals surface area contributed by atoms with Crippen LogP contribution in [0.3, 0.4) is 0 Å². The average molecular weight is 236 g/mol. The number of hydrogen-bond donors (Lipinski definition) is 3. The maximum atomic E-state index is 11.6. The number of anilines is 1. The maximum absolute atomic E-state index is 11.6. The number of carbonyl (C=O) groups is 1. The van der Waals surface area contributed by atoms with Crippen molar-refractivity contribution in [3.8, 4) is 0 Å². The van der Waals surface area contributed by atoms with Crippen molar-refractivity contribution in [2.24, 2.45) is 0 Å². The lowest BCUT2D eigenvalue weighted by Gasteiger charge is -2.14. The topological polar surface area (TPSA) is 75.3 Å². The highest BCUT2D eigenvalue weighted by atomic mass is 16.3. The molecule has 0 heterocycles. The van der Waals surface area contributed by atoms with E-state index in [1.54, 1.807) is 0 Å². The number of para-hydroxylation sites is 1. The molecule has 0 aliphatic heterocycles. The molecule has 1 rings (SSSR count). The number of nitrogens with two attached hydrogens (primary N) is 1. The third kappa shape index (κ3) is 4.44. The zero-order valence-electron chi connectivity index (χ0n) is 10.1. The van der Waals surface area contributed by atoms with Crippen LogP contribution in [0.1, 0.15) is 25.3 Å². The van der Waals surface area contributed by atoms with Crippen molar-refractivity contribution in [1.82, 2.24) is 5.32 Å². The number of aryl methyl sites for hydroxylation is 1. The molecule has 0 saturated carbocycles. The van der Waals surface area contributed by atoms with E-state index in [9.17, 15) is 4.79 Å². The average Bonchev–Trinajstić information content (AvgIpc) is 2.35. The second kappa shape index (κ2) is 6.91. The van der Waals surface area contributed by atoms with Crippen LogP contribution in [0.25, 0.3) is 0 Å². The van der Waals surface area contributed by atoms with E-state index < -0.39 is 0 Å². The van der Waals surface area contributed by atoms with Gasteiger partial charge in [0.05, 0.1) is 12.6 Å². The zero-order chi connectivity index (χ0) is 12.7. The molecule has 0 radical (unpaired) electrons. The summed E-state index contributed by atoms with van der Waals surface area (Å²) in [6, 6.07) is 7.39. The number of hydrogen-bond acceptors (Lipinski definition) is 3. The molecule has 0 unspecified atom stereocenters. The van der Waals surface area contributed by atoms with Gasteiger partial charge in [-0.05, 0) is 24.5 Å². The van der Waals surface area contributed by atoms with Crippen LogP contribution in [0.5, 0.6) is 0 Å². The first kappa shape index (κ1) is 13.5. The van der Waals surface area contributed by atoms with Gasteiger partial charge < -0.3 is 16.2 Å². The predicted octanol–water partition coefficient (Wildman–Crippen LogP) is 1.09. The van der Waals surface area contributed by atoms with Gasteiger partial charge in [0.1, 0.15) is 0 Å². The molecule has 1 amide bonds. The number of benzene rings is 1. The Labute approximate surface area is 102 Å². The highest BCUT2D eigenvalue weighted by Crippen LogP contribution is 2.12. The summed E-state index contributed by atoms with van der Waals surface area (Å²) in [5.41, 5.74) is 7.49. The van der Waals surface area contributed by atoms with Gasteiger partial charge in [-0.1, -0.05) is 25.1 Å². The molecular formula is C13H20N2O2. The Kier molecular flexibility index (Phi) is 5.49. The zero-order valence-corrected chi connectivity index (χ0v) is 10.1. The van der Waals surface area contributed by atoms with Crippen molar-refractivity contribution < 1.29 is 9.90 Å². The Morgan fingerprint density at radius 1 is 1.47 bits per heavy atom. The Morgan fingerprint density at radius 2 is 2.18 bits per heavy atom. The number of aliphatic hydroxyl groups excluding tert-OH is 1. The van der Waals surface area contributed by atoms with E-state index in [2.05, 4.69) is 5.32 Å². The Bertz CT molecular complexity index is 362. The monoisotopic (exact) mass is 236 g/mol. The third-order valence-electron chi connectivity index (χ3n) is 2.75. The molecule has 1 aromatic rings. The van der Waals surface area contributed by atoms with Gasteiger partial charge in [0.25, 0.3) is 0 Å². The quantitative estimate of drug-likeness (QED) is 0.647. The van der Waals surface area contributed by atoms with Gasteiger partial charge in [0.15, 0.2) is 0 Å². The van der Waals surface area contributed by atoms with Crippen LogP contribution >= 0.6 is 0 Å². The van der Waals surface area contributed by atoms with Gasteiger partial charge in [0.2, 0.25) is 5.91 Å². The lowest BCUT2D eigenvalue weighted by molar-refractivity contribution is -0.122. The van der Waals surface area contributed by atoms with Crippen molar-refractivity contribution in [3.63, 3.8) is 0 Å². The number of nitrogens with one attached hydrogen (secondary N) is 1. The van der Waals surface area contributed by atoms with Crippen molar-refractivity contribution in [1.29, 1.82) is 0 Å². The fourth-order valence-electron chi connectivity index (χ4n) is 1.59. The van der Waals surface area contributed by atoms with Gasteiger partial charge in [0, 0.05) is 12.1 Å². The summed E-state index contributed by atoms with van der Waals surface area (Å²) in [6.07, 6.45) is 1.75. The van der Waals surface area contributed by atoms with E-state index >= 15 is 0 Å². The number of nitrogen functional groups attached to an aromatic ring is 1. The molecule has 4 N–H and O–H groups in total. The molecule has 1 aromatic carbocycles. The van der Waals surface area contributed by atoms with Crippen molar-refractivity contribution in [3.05, 3.63) is 29.8 Å². The fraction of sp³-hybridized carbons (Fsp3) is 0.462. The molecule has 0 spiro atoms. The standard InChI is InChI=1S/C13H20N2O2/c1-2-11(9-16)15-13(17)8-7-10-5-3-4-6-12(10)14/h3-6,11,16H,2,7-9,14H2,1H3,(H,15,17)/t11-/m0/s1. The summed E-state index contributed by atoms with van der Waals surface area (Å²) in [4.78, 5) is 11.6. The summed E-state index contributed by atoms with van der Waals surface area (Å²) in [7, 11) is 0. The van der Waals surface area contributed by atoms with Gasteiger partial charge >= 0.3 is 0 Å². The van der Waals surface area contributed by atoms with Crippen LogP contribution in [0.15, 0.2) is 24.3 Å². The molecule has 0 fully saturated rings. The summed E-state index contributed by atoms with van der Waals surface area (Å²) in [6.45, 7) is 1.91. The molecule has 1 atom stereocenters. The van der Waals surface area contributed by atoms with Gasteiger partial charge in [-0.2, -0.15) is 0 Å². The fourth-order valence-corrected chi connectivity index (χ4v) is 1.59. The summed E-state index contributed by atoms with van der Waals surface area (Å²) in [5, 5.41) is 11.7. The molecule has 0 bridgehead atoms. The molecule has 4 heteroatoms. The first-order valence-corrected chi connectivity index (χ1v) is 5.91. The number of carbonyl (C=O) groups excluding carboxylic acids is 1. The minimum atomic E-state index is -0.143. The minimum absolute atomic E-state index is 0.0181. The first-order chi connectivity index (χ1) is 8.17. The van der Waals surface area contributed by atoms with Crippen molar-refractivity contribution in [2.45, 2.75) is 32.2 Å². The van der Waals surface area contributed by atoms with Gasteiger partial charge in [-0.25, -0.2) is 0 Å². The molecule has 94 valence electrons. The third-order valence-corrected chi connectivity index (χ3v) is 2.75.